The Bertz CT molecular complexity index is 995. The summed E-state index contributed by atoms with van der Waals surface area (Å²) in [5.74, 6) is 0.492. The summed E-state index contributed by atoms with van der Waals surface area (Å²) in [6, 6.07) is 10.2. The van der Waals surface area contributed by atoms with Crippen molar-refractivity contribution in [2.75, 3.05) is 13.7 Å². The van der Waals surface area contributed by atoms with Crippen LogP contribution in [0.3, 0.4) is 0 Å². The van der Waals surface area contributed by atoms with E-state index in [0.717, 1.165) is 22.5 Å². The van der Waals surface area contributed by atoms with Crippen molar-refractivity contribution >= 4 is 23.7 Å². The molecule has 0 saturated heterocycles. The summed E-state index contributed by atoms with van der Waals surface area (Å²) < 4.78 is 18.0. The molecule has 32 heavy (non-hydrogen) atoms. The molecule has 0 N–H and O–H groups in total. The Morgan fingerprint density at radius 1 is 1.25 bits per heavy atom. The van der Waals surface area contributed by atoms with Crippen LogP contribution in [0, 0.1) is 6.92 Å². The molecule has 0 saturated carbocycles. The lowest BCUT2D eigenvalue weighted by molar-refractivity contribution is -0.0647. The van der Waals surface area contributed by atoms with Crippen molar-refractivity contribution in [2.24, 2.45) is 12.0 Å². The van der Waals surface area contributed by atoms with Crippen LogP contribution < -0.4 is 0 Å². The van der Waals surface area contributed by atoms with Crippen molar-refractivity contribution in [3.05, 3.63) is 65.5 Å². The van der Waals surface area contributed by atoms with Crippen LogP contribution in [0.2, 0.25) is 0 Å². The maximum Gasteiger partial charge on any atom is 0.511 e. The molecule has 7 heteroatoms. The van der Waals surface area contributed by atoms with Gasteiger partial charge in [0.05, 0.1) is 5.69 Å². The van der Waals surface area contributed by atoms with Gasteiger partial charge in [0.15, 0.2) is 5.76 Å². The summed E-state index contributed by atoms with van der Waals surface area (Å²) in [5.41, 5.74) is 4.47. The average Bonchev–Trinajstić information content (AvgIpc) is 3.06. The van der Waals surface area contributed by atoms with Crippen molar-refractivity contribution in [1.29, 1.82) is 0 Å². The number of hydrogen-bond donors (Lipinski definition) is 0. The number of aliphatic imine (C=N–C) groups is 1. The monoisotopic (exact) mass is 439 g/mol. The molecule has 1 unspecified atom stereocenters. The molecule has 7 nitrogen and oxygen atoms in total. The number of carbonyl (C=O) groups is 1. The Kier molecular flexibility index (Phi) is 8.41. The minimum Gasteiger partial charge on any atom is -0.452 e. The van der Waals surface area contributed by atoms with Gasteiger partial charge in [-0.3, -0.25) is 9.67 Å². The Morgan fingerprint density at radius 2 is 1.91 bits per heavy atom. The van der Waals surface area contributed by atoms with E-state index in [4.69, 9.17) is 14.2 Å². The predicted molar refractivity (Wildman–Crippen MR) is 127 cm³/mol. The van der Waals surface area contributed by atoms with E-state index in [-0.39, 0.29) is 12.0 Å². The number of aromatic nitrogens is 2. The lowest BCUT2D eigenvalue weighted by Crippen LogP contribution is -2.20. The Hall–Kier alpha value is -3.35. The normalized spacial score (nSPS) is 13.5. The third-order valence-corrected chi connectivity index (χ3v) is 4.66. The maximum atomic E-state index is 11.9. The van der Waals surface area contributed by atoms with Gasteiger partial charge in [0.1, 0.15) is 12.3 Å². The van der Waals surface area contributed by atoms with E-state index in [2.05, 4.69) is 49.6 Å². The number of benzene rings is 1. The van der Waals surface area contributed by atoms with Crippen LogP contribution in [0.5, 0.6) is 0 Å². The van der Waals surface area contributed by atoms with Gasteiger partial charge in [-0.2, -0.15) is 5.10 Å². The molecule has 1 aromatic carbocycles. The second kappa shape index (κ2) is 10.8. The number of ether oxygens (including phenoxy) is 3. The first kappa shape index (κ1) is 24.9. The minimum absolute atomic E-state index is 0.0356. The summed E-state index contributed by atoms with van der Waals surface area (Å²) in [4.78, 5) is 16.1. The first-order valence-electron chi connectivity index (χ1n) is 10.5. The van der Waals surface area contributed by atoms with Crippen molar-refractivity contribution in [3.63, 3.8) is 0 Å². The summed E-state index contributed by atoms with van der Waals surface area (Å²) in [5, 5.41) is 4.44. The molecule has 0 aliphatic heterocycles. The largest absolute Gasteiger partial charge is 0.511 e. The van der Waals surface area contributed by atoms with E-state index in [1.54, 1.807) is 24.9 Å². The van der Waals surface area contributed by atoms with Crippen LogP contribution in [0.4, 0.5) is 4.79 Å². The fourth-order valence-corrected chi connectivity index (χ4v) is 3.11. The van der Waals surface area contributed by atoms with E-state index in [0.29, 0.717) is 5.76 Å². The smallest absolute Gasteiger partial charge is 0.452 e. The van der Waals surface area contributed by atoms with Gasteiger partial charge >= 0.3 is 6.16 Å². The van der Waals surface area contributed by atoms with E-state index < -0.39 is 12.4 Å². The molecular weight excluding hydrogens is 406 g/mol. The second-order valence-corrected chi connectivity index (χ2v) is 8.41. The van der Waals surface area contributed by atoms with Crippen molar-refractivity contribution in [2.45, 2.75) is 46.3 Å². The molecule has 1 atom stereocenters. The number of nitrogens with zero attached hydrogens (tertiary/aromatic N) is 3. The molecule has 2 rings (SSSR count). The molecule has 0 radical (unpaired) electrons. The van der Waals surface area contributed by atoms with Crippen LogP contribution >= 0.6 is 0 Å². The Morgan fingerprint density at radius 3 is 2.41 bits per heavy atom. The maximum absolute atomic E-state index is 11.9. The quantitative estimate of drug-likeness (QED) is 0.183. The fraction of sp³-hybridized carbons (Fsp3) is 0.400. The van der Waals surface area contributed by atoms with Crippen molar-refractivity contribution in [1.82, 2.24) is 9.78 Å². The van der Waals surface area contributed by atoms with Crippen molar-refractivity contribution < 1.29 is 19.0 Å². The highest BCUT2D eigenvalue weighted by molar-refractivity contribution is 6.18. The van der Waals surface area contributed by atoms with E-state index in [9.17, 15) is 4.79 Å². The van der Waals surface area contributed by atoms with Crippen LogP contribution in [-0.2, 0) is 26.7 Å². The average molecular weight is 440 g/mol. The van der Waals surface area contributed by atoms with E-state index in [1.807, 2.05) is 32.2 Å². The third kappa shape index (κ3) is 6.57. The standard InChI is InChI=1S/C25H33N3O4/c1-9-14-30-24(29)32-18(3)31-23(22-15-17(2)27-28(22)8)21(16-26-7)19-10-12-20(13-11-19)25(4,5)6/h9-13,15-16,18H,1,14H2,2-8H3/b23-21-,26-16?. The molecule has 0 aliphatic rings. The first-order valence-corrected chi connectivity index (χ1v) is 10.5. The number of rotatable bonds is 8. The van der Waals surface area contributed by atoms with E-state index >= 15 is 0 Å². The SMILES string of the molecule is C=CCOC(=O)OC(C)O/C(=C(/C=NC)c1ccc(C(C)(C)C)cc1)c1cc(C)nn1C. The zero-order chi connectivity index (χ0) is 23.9. The van der Waals surface area contributed by atoms with E-state index in [1.165, 1.54) is 11.6 Å². The van der Waals surface area contributed by atoms with Gasteiger partial charge in [-0.15, -0.1) is 0 Å². The Balaban J connectivity index is 2.53. The topological polar surface area (TPSA) is 74.9 Å². The van der Waals surface area contributed by atoms with Crippen LogP contribution in [0.1, 0.15) is 50.2 Å². The van der Waals surface area contributed by atoms with Gasteiger partial charge in [-0.25, -0.2) is 4.79 Å². The zero-order valence-electron chi connectivity index (χ0n) is 20.0. The summed E-state index contributed by atoms with van der Waals surface area (Å²) >= 11 is 0. The molecule has 0 aliphatic carbocycles. The van der Waals surface area contributed by atoms with Gasteiger partial charge in [0.2, 0.25) is 6.29 Å². The summed E-state index contributed by atoms with van der Waals surface area (Å²) in [6.45, 7) is 13.6. The second-order valence-electron chi connectivity index (χ2n) is 8.41. The van der Waals surface area contributed by atoms with Gasteiger partial charge in [-0.05, 0) is 29.5 Å². The number of hydrogen-bond acceptors (Lipinski definition) is 6. The number of allylic oxidation sites excluding steroid dienone is 1. The summed E-state index contributed by atoms with van der Waals surface area (Å²) in [7, 11) is 3.53. The Labute approximate surface area is 190 Å². The van der Waals surface area contributed by atoms with Crippen LogP contribution in [0.15, 0.2) is 48.0 Å². The van der Waals surface area contributed by atoms with Crippen molar-refractivity contribution in [3.8, 4) is 0 Å². The van der Waals surface area contributed by atoms with Crippen LogP contribution in [-0.4, -0.2) is 42.1 Å². The molecule has 1 heterocycles. The van der Waals surface area contributed by atoms with Gasteiger partial charge in [-0.1, -0.05) is 57.7 Å². The predicted octanol–water partition coefficient (Wildman–Crippen LogP) is 5.30. The highest BCUT2D eigenvalue weighted by Gasteiger charge is 2.22. The van der Waals surface area contributed by atoms with Gasteiger partial charge < -0.3 is 14.2 Å². The highest BCUT2D eigenvalue weighted by Crippen LogP contribution is 2.30. The molecule has 0 spiro atoms. The van der Waals surface area contributed by atoms with Crippen LogP contribution in [0.25, 0.3) is 11.3 Å². The number of carbonyl (C=O) groups excluding carboxylic acids is 1. The lowest BCUT2D eigenvalue weighted by atomic mass is 9.86. The fourth-order valence-electron chi connectivity index (χ4n) is 3.11. The molecule has 0 amide bonds. The first-order chi connectivity index (χ1) is 15.1. The lowest BCUT2D eigenvalue weighted by Gasteiger charge is -2.21. The third-order valence-electron chi connectivity index (χ3n) is 4.66. The molecular formula is C25H33N3O4. The zero-order valence-corrected chi connectivity index (χ0v) is 20.0. The van der Waals surface area contributed by atoms with Gasteiger partial charge in [0.25, 0.3) is 0 Å². The summed E-state index contributed by atoms with van der Waals surface area (Å²) in [6.07, 6.45) is 1.45. The van der Waals surface area contributed by atoms with Gasteiger partial charge in [0, 0.05) is 32.8 Å². The molecule has 0 bridgehead atoms. The molecule has 2 aromatic rings. The highest BCUT2D eigenvalue weighted by atomic mass is 16.8. The number of aryl methyl sites for hydroxylation is 2. The minimum atomic E-state index is -0.911. The molecule has 172 valence electrons. The molecule has 1 aromatic heterocycles. The molecule has 0 fully saturated rings.